The van der Waals surface area contributed by atoms with E-state index in [-0.39, 0.29) is 47.4 Å². The average molecular weight is 490 g/mol. The minimum Gasteiger partial charge on any atom is -0.462 e. The molecule has 2 fully saturated rings. The molecule has 2 aromatic rings. The van der Waals surface area contributed by atoms with E-state index in [1.165, 1.54) is 17.0 Å². The Morgan fingerprint density at radius 3 is 2.79 bits per heavy atom. The zero-order chi connectivity index (χ0) is 23.6. The number of anilines is 3. The van der Waals surface area contributed by atoms with Crippen LogP contribution in [0.3, 0.4) is 0 Å². The number of carbonyl (C=O) groups excluding carboxylic acids is 1. The third-order valence-corrected chi connectivity index (χ3v) is 5.47. The number of halogens is 5. The quantitative estimate of drug-likeness (QED) is 0.422. The summed E-state index contributed by atoms with van der Waals surface area (Å²) >= 11 is 6.38. The number of rotatable bonds is 8. The van der Waals surface area contributed by atoms with Gasteiger partial charge in [-0.3, -0.25) is 4.79 Å². The standard InChI is InChI=1S/C20H20ClF4N5O3/c21-14-5-12(17-8-30(10-31)3-4-32-17)16(33-9-22)6-15(14)28-19-26-7-13(20(23,24)25)18(29-19)27-11-1-2-11/h5-7,10-11,17H,1-4,8-9H2,(H2,26,27,28,29). The number of amides is 1. The predicted molar refractivity (Wildman–Crippen MR) is 111 cm³/mol. The third-order valence-electron chi connectivity index (χ3n) is 5.16. The molecule has 0 radical (unpaired) electrons. The molecule has 1 unspecified atom stereocenters. The number of morpholine rings is 1. The summed E-state index contributed by atoms with van der Waals surface area (Å²) in [6.07, 6.45) is -2.32. The molecular weight excluding hydrogens is 470 g/mol. The van der Waals surface area contributed by atoms with Crippen LogP contribution in [-0.4, -0.2) is 53.9 Å². The van der Waals surface area contributed by atoms with Crippen molar-refractivity contribution < 1.29 is 31.8 Å². The fourth-order valence-electron chi connectivity index (χ4n) is 3.35. The Morgan fingerprint density at radius 1 is 1.33 bits per heavy atom. The zero-order valence-corrected chi connectivity index (χ0v) is 17.9. The number of hydrogen-bond acceptors (Lipinski definition) is 7. The van der Waals surface area contributed by atoms with Crippen molar-refractivity contribution in [3.05, 3.63) is 34.5 Å². The van der Waals surface area contributed by atoms with Gasteiger partial charge in [0.1, 0.15) is 23.2 Å². The van der Waals surface area contributed by atoms with E-state index >= 15 is 0 Å². The molecule has 33 heavy (non-hydrogen) atoms. The molecule has 1 aromatic carbocycles. The molecule has 0 spiro atoms. The number of ether oxygens (including phenoxy) is 2. The second kappa shape index (κ2) is 9.56. The molecule has 1 saturated carbocycles. The predicted octanol–water partition coefficient (Wildman–Crippen LogP) is 4.30. The zero-order valence-electron chi connectivity index (χ0n) is 17.2. The van der Waals surface area contributed by atoms with Crippen LogP contribution in [0.15, 0.2) is 18.3 Å². The highest BCUT2D eigenvalue weighted by atomic mass is 35.5. The van der Waals surface area contributed by atoms with Crippen molar-refractivity contribution in [3.8, 4) is 5.75 Å². The number of nitrogens with one attached hydrogen (secondary N) is 2. The molecule has 2 aliphatic rings. The van der Waals surface area contributed by atoms with Gasteiger partial charge in [-0.05, 0) is 18.9 Å². The van der Waals surface area contributed by atoms with Crippen LogP contribution in [0.2, 0.25) is 5.02 Å². The molecule has 4 rings (SSSR count). The van der Waals surface area contributed by atoms with Crippen LogP contribution in [0.25, 0.3) is 0 Å². The number of alkyl halides is 4. The van der Waals surface area contributed by atoms with Crippen molar-refractivity contribution in [1.29, 1.82) is 0 Å². The normalized spacial score (nSPS) is 18.7. The molecule has 1 amide bonds. The maximum Gasteiger partial charge on any atom is 0.421 e. The summed E-state index contributed by atoms with van der Waals surface area (Å²) < 4.78 is 63.7. The van der Waals surface area contributed by atoms with E-state index in [1.807, 2.05) is 0 Å². The van der Waals surface area contributed by atoms with E-state index in [9.17, 15) is 22.4 Å². The van der Waals surface area contributed by atoms with E-state index in [0.717, 1.165) is 12.8 Å². The molecule has 8 nitrogen and oxygen atoms in total. The second-order valence-corrected chi connectivity index (χ2v) is 7.99. The Balaban J connectivity index is 1.62. The summed E-state index contributed by atoms with van der Waals surface area (Å²) in [4.78, 5) is 20.3. The third kappa shape index (κ3) is 5.56. The van der Waals surface area contributed by atoms with Crippen LogP contribution in [0.5, 0.6) is 5.75 Å². The Labute approximate surface area is 191 Å². The van der Waals surface area contributed by atoms with Crippen molar-refractivity contribution in [2.75, 3.05) is 37.2 Å². The van der Waals surface area contributed by atoms with Gasteiger partial charge in [0.25, 0.3) is 0 Å². The molecule has 1 aliphatic heterocycles. The van der Waals surface area contributed by atoms with Gasteiger partial charge in [0.15, 0.2) is 0 Å². The van der Waals surface area contributed by atoms with Gasteiger partial charge in [0.05, 0.1) is 23.9 Å². The highest BCUT2D eigenvalue weighted by Gasteiger charge is 2.37. The maximum absolute atomic E-state index is 13.3. The summed E-state index contributed by atoms with van der Waals surface area (Å²) in [6.45, 7) is -0.195. The number of benzene rings is 1. The maximum atomic E-state index is 13.3. The van der Waals surface area contributed by atoms with Gasteiger partial charge in [-0.15, -0.1) is 0 Å². The van der Waals surface area contributed by atoms with Crippen molar-refractivity contribution in [1.82, 2.24) is 14.9 Å². The van der Waals surface area contributed by atoms with Crippen molar-refractivity contribution in [2.24, 2.45) is 0 Å². The van der Waals surface area contributed by atoms with Crippen LogP contribution in [-0.2, 0) is 15.7 Å². The molecule has 1 aliphatic carbocycles. The largest absolute Gasteiger partial charge is 0.462 e. The van der Waals surface area contributed by atoms with E-state index in [2.05, 4.69) is 20.6 Å². The monoisotopic (exact) mass is 489 g/mol. The lowest BCUT2D eigenvalue weighted by molar-refractivity contribution is -0.137. The topological polar surface area (TPSA) is 88.6 Å². The van der Waals surface area contributed by atoms with Gasteiger partial charge in [0, 0.05) is 30.4 Å². The minimum absolute atomic E-state index is 0.0669. The summed E-state index contributed by atoms with van der Waals surface area (Å²) in [5, 5.41) is 5.68. The molecule has 1 saturated heterocycles. The lowest BCUT2D eigenvalue weighted by Crippen LogP contribution is -2.37. The minimum atomic E-state index is -4.62. The lowest BCUT2D eigenvalue weighted by atomic mass is 10.1. The van der Waals surface area contributed by atoms with E-state index in [0.29, 0.717) is 24.7 Å². The van der Waals surface area contributed by atoms with E-state index in [1.54, 1.807) is 0 Å². The Kier molecular flexibility index (Phi) is 6.75. The summed E-state index contributed by atoms with van der Waals surface area (Å²) in [6, 6.07) is 2.80. The van der Waals surface area contributed by atoms with Gasteiger partial charge in [-0.2, -0.15) is 18.2 Å². The number of carbonyl (C=O) groups is 1. The van der Waals surface area contributed by atoms with Gasteiger partial charge in [0.2, 0.25) is 19.2 Å². The van der Waals surface area contributed by atoms with Crippen LogP contribution < -0.4 is 15.4 Å². The fourth-order valence-corrected chi connectivity index (χ4v) is 3.57. The van der Waals surface area contributed by atoms with Gasteiger partial charge >= 0.3 is 6.18 Å². The number of hydrogen-bond donors (Lipinski definition) is 2. The first kappa shape index (κ1) is 23.3. The average Bonchev–Trinajstić information content (AvgIpc) is 3.59. The SMILES string of the molecule is O=CN1CCOC(c2cc(Cl)c(Nc3ncc(C(F)(F)F)c(NC4CC4)n3)cc2OCF)C1. The Hall–Kier alpha value is -2.86. The Morgan fingerprint density at radius 2 is 2.12 bits per heavy atom. The molecule has 1 atom stereocenters. The number of aromatic nitrogens is 2. The molecule has 13 heteroatoms. The van der Waals surface area contributed by atoms with Gasteiger partial charge < -0.3 is 25.0 Å². The molecule has 178 valence electrons. The molecule has 2 N–H and O–H groups in total. The van der Waals surface area contributed by atoms with Crippen LogP contribution >= 0.6 is 11.6 Å². The van der Waals surface area contributed by atoms with Crippen molar-refractivity contribution in [3.63, 3.8) is 0 Å². The highest BCUT2D eigenvalue weighted by Crippen LogP contribution is 2.39. The van der Waals surface area contributed by atoms with Gasteiger partial charge in [-0.25, -0.2) is 9.37 Å². The first-order chi connectivity index (χ1) is 15.8. The smallest absolute Gasteiger partial charge is 0.421 e. The lowest BCUT2D eigenvalue weighted by Gasteiger charge is -2.31. The molecule has 0 bridgehead atoms. The van der Waals surface area contributed by atoms with E-state index < -0.39 is 24.7 Å². The van der Waals surface area contributed by atoms with Gasteiger partial charge in [-0.1, -0.05) is 11.6 Å². The Bertz CT molecular complexity index is 1020. The molecule has 1 aromatic heterocycles. The fraction of sp³-hybridized carbons (Fsp3) is 0.450. The van der Waals surface area contributed by atoms with Crippen molar-refractivity contribution >= 4 is 35.5 Å². The first-order valence-corrected chi connectivity index (χ1v) is 10.5. The highest BCUT2D eigenvalue weighted by molar-refractivity contribution is 6.33. The first-order valence-electron chi connectivity index (χ1n) is 10.1. The van der Waals surface area contributed by atoms with E-state index in [4.69, 9.17) is 21.1 Å². The second-order valence-electron chi connectivity index (χ2n) is 7.58. The van der Waals surface area contributed by atoms with Crippen LogP contribution in [0.1, 0.15) is 30.1 Å². The summed E-state index contributed by atoms with van der Waals surface area (Å²) in [5.41, 5.74) is -0.347. The van der Waals surface area contributed by atoms with Crippen LogP contribution in [0, 0.1) is 0 Å². The number of nitrogens with zero attached hydrogens (tertiary/aromatic N) is 3. The summed E-state index contributed by atoms with van der Waals surface area (Å²) in [5.74, 6) is -0.363. The van der Waals surface area contributed by atoms with Crippen LogP contribution in [0.4, 0.5) is 35.0 Å². The van der Waals surface area contributed by atoms with Crippen molar-refractivity contribution in [2.45, 2.75) is 31.2 Å². The summed E-state index contributed by atoms with van der Waals surface area (Å²) in [7, 11) is 0. The molecular formula is C20H20ClF4N5O3. The molecule has 2 heterocycles.